The first-order valence-corrected chi connectivity index (χ1v) is 8.07. The number of hydrogen-bond acceptors (Lipinski definition) is 2. The van der Waals surface area contributed by atoms with E-state index in [1.807, 2.05) is 66.5 Å². The minimum Gasteiger partial charge on any atom is -0.350 e. The fourth-order valence-electron chi connectivity index (χ4n) is 2.98. The van der Waals surface area contributed by atoms with Crippen molar-refractivity contribution in [2.24, 2.45) is 7.05 Å². The molecule has 122 valence electrons. The van der Waals surface area contributed by atoms with Crippen molar-refractivity contribution in [3.63, 3.8) is 0 Å². The summed E-state index contributed by atoms with van der Waals surface area (Å²) in [6, 6.07) is 15.7. The van der Waals surface area contributed by atoms with E-state index in [2.05, 4.69) is 21.7 Å². The summed E-state index contributed by atoms with van der Waals surface area (Å²) in [5.74, 6) is -0.00915. The summed E-state index contributed by atoms with van der Waals surface area (Å²) in [7, 11) is 2.01. The molecule has 0 aliphatic carbocycles. The molecule has 2 aromatic heterocycles. The second kappa shape index (κ2) is 6.24. The molecule has 0 fully saturated rings. The Morgan fingerprint density at radius 3 is 2.64 bits per heavy atom. The quantitative estimate of drug-likeness (QED) is 0.415. The Kier molecular flexibility index (Phi) is 3.78. The van der Waals surface area contributed by atoms with Crippen molar-refractivity contribution in [1.29, 1.82) is 0 Å². The number of carbonyl (C=O) groups excluding carboxylic acids is 1. The number of allylic oxidation sites excluding steroid dienone is 1. The van der Waals surface area contributed by atoms with Gasteiger partial charge in [-0.05, 0) is 42.5 Å². The number of benzene rings is 2. The lowest BCUT2D eigenvalue weighted by atomic mass is 10.1. The molecule has 4 rings (SSSR count). The molecule has 0 amide bonds. The molecule has 0 aliphatic heterocycles. The smallest absolute Gasteiger partial charge is 0.185 e. The van der Waals surface area contributed by atoms with Crippen molar-refractivity contribution < 1.29 is 4.79 Å². The Morgan fingerprint density at radius 1 is 1.08 bits per heavy atom. The van der Waals surface area contributed by atoms with Crippen LogP contribution < -0.4 is 0 Å². The first kappa shape index (κ1) is 15.1. The normalized spacial score (nSPS) is 11.4. The van der Waals surface area contributed by atoms with E-state index in [1.54, 1.807) is 18.6 Å². The van der Waals surface area contributed by atoms with Gasteiger partial charge in [-0.15, -0.1) is 0 Å². The molecule has 0 unspecified atom stereocenters. The van der Waals surface area contributed by atoms with Crippen LogP contribution in [-0.4, -0.2) is 19.9 Å². The van der Waals surface area contributed by atoms with Crippen LogP contribution in [0.3, 0.4) is 0 Å². The maximum Gasteiger partial charge on any atom is 0.185 e. The Hall–Kier alpha value is -3.40. The molecule has 25 heavy (non-hydrogen) atoms. The van der Waals surface area contributed by atoms with Gasteiger partial charge in [0.2, 0.25) is 0 Å². The van der Waals surface area contributed by atoms with Gasteiger partial charge >= 0.3 is 0 Å². The molecule has 0 N–H and O–H groups in total. The highest BCUT2D eigenvalue weighted by Gasteiger charge is 2.05. The van der Waals surface area contributed by atoms with Crippen molar-refractivity contribution >= 4 is 22.8 Å². The zero-order valence-electron chi connectivity index (χ0n) is 13.8. The van der Waals surface area contributed by atoms with Crippen LogP contribution in [0.1, 0.15) is 15.9 Å². The molecular formula is C21H17N3O. The molecule has 0 saturated heterocycles. The van der Waals surface area contributed by atoms with Gasteiger partial charge in [0, 0.05) is 53.4 Å². The Bertz CT molecular complexity index is 1050. The van der Waals surface area contributed by atoms with Crippen molar-refractivity contribution in [2.45, 2.75) is 0 Å². The van der Waals surface area contributed by atoms with E-state index >= 15 is 0 Å². The molecule has 0 saturated carbocycles. The average molecular weight is 327 g/mol. The van der Waals surface area contributed by atoms with E-state index in [0.717, 1.165) is 22.2 Å². The number of carbonyl (C=O) groups is 1. The number of ketones is 1. The number of aromatic nitrogens is 3. The van der Waals surface area contributed by atoms with E-state index in [4.69, 9.17) is 0 Å². The standard InChI is InChI=1S/C21H17N3O/c1-23-14-17(19-4-2-3-5-20(19)23)8-11-21(25)16-6-9-18(10-7-16)24-13-12-22-15-24/h2-15H,1H3/b11-8+. The minimum absolute atomic E-state index is 0.00915. The maximum atomic E-state index is 12.4. The lowest BCUT2D eigenvalue weighted by molar-refractivity contribution is 0.104. The lowest BCUT2D eigenvalue weighted by Crippen LogP contribution is -1.96. The van der Waals surface area contributed by atoms with Crippen LogP contribution in [0.2, 0.25) is 0 Å². The number of hydrogen-bond donors (Lipinski definition) is 0. The molecular weight excluding hydrogens is 310 g/mol. The Morgan fingerprint density at radius 2 is 1.88 bits per heavy atom. The van der Waals surface area contributed by atoms with Crippen LogP contribution in [0.15, 0.2) is 79.5 Å². The Balaban J connectivity index is 1.58. The highest BCUT2D eigenvalue weighted by molar-refractivity contribution is 6.07. The number of para-hydroxylation sites is 1. The van der Waals surface area contributed by atoms with Crippen LogP contribution in [0.4, 0.5) is 0 Å². The van der Waals surface area contributed by atoms with Crippen molar-refractivity contribution in [3.8, 4) is 5.69 Å². The number of fused-ring (bicyclic) bond motifs is 1. The highest BCUT2D eigenvalue weighted by Crippen LogP contribution is 2.21. The topological polar surface area (TPSA) is 39.8 Å². The molecule has 0 spiro atoms. The van der Waals surface area contributed by atoms with Gasteiger partial charge in [0.1, 0.15) is 0 Å². The zero-order chi connectivity index (χ0) is 17.2. The molecule has 0 radical (unpaired) electrons. The first-order valence-electron chi connectivity index (χ1n) is 8.07. The molecule has 4 heteroatoms. The average Bonchev–Trinajstić information content (AvgIpc) is 3.29. The fraction of sp³-hybridized carbons (Fsp3) is 0.0476. The van der Waals surface area contributed by atoms with E-state index < -0.39 is 0 Å². The predicted octanol–water partition coefficient (Wildman–Crippen LogP) is 4.26. The van der Waals surface area contributed by atoms with Gasteiger partial charge in [-0.1, -0.05) is 18.2 Å². The summed E-state index contributed by atoms with van der Waals surface area (Å²) >= 11 is 0. The molecule has 2 aromatic carbocycles. The van der Waals surface area contributed by atoms with Gasteiger partial charge in [-0.3, -0.25) is 4.79 Å². The van der Waals surface area contributed by atoms with E-state index in [9.17, 15) is 4.79 Å². The number of nitrogens with zero attached hydrogens (tertiary/aromatic N) is 3. The number of aryl methyl sites for hydroxylation is 1. The highest BCUT2D eigenvalue weighted by atomic mass is 16.1. The summed E-state index contributed by atoms with van der Waals surface area (Å²) in [4.78, 5) is 16.5. The molecule has 0 aliphatic rings. The number of imidazole rings is 1. The molecule has 2 heterocycles. The van der Waals surface area contributed by atoms with Crippen LogP contribution in [-0.2, 0) is 7.05 Å². The van der Waals surface area contributed by atoms with Gasteiger partial charge in [0.15, 0.2) is 5.78 Å². The summed E-state index contributed by atoms with van der Waals surface area (Å²) in [5, 5.41) is 1.14. The van der Waals surface area contributed by atoms with Crippen molar-refractivity contribution in [2.75, 3.05) is 0 Å². The molecule has 0 bridgehead atoms. The van der Waals surface area contributed by atoms with Gasteiger partial charge < -0.3 is 9.13 Å². The fourth-order valence-corrected chi connectivity index (χ4v) is 2.98. The van der Waals surface area contributed by atoms with Crippen molar-refractivity contribution in [3.05, 3.63) is 90.7 Å². The SMILES string of the molecule is Cn1cc(/C=C/C(=O)c2ccc(-n3ccnc3)cc2)c2ccccc21. The van der Waals surface area contributed by atoms with Crippen LogP contribution in [0, 0.1) is 0 Å². The third-order valence-corrected chi connectivity index (χ3v) is 4.30. The molecule has 4 aromatic rings. The van der Waals surface area contributed by atoms with Crippen LogP contribution in [0.5, 0.6) is 0 Å². The number of rotatable bonds is 4. The lowest BCUT2D eigenvalue weighted by Gasteiger charge is -2.02. The monoisotopic (exact) mass is 327 g/mol. The Labute approximate surface area is 145 Å². The van der Waals surface area contributed by atoms with Gasteiger partial charge in [0.25, 0.3) is 0 Å². The first-order chi connectivity index (χ1) is 12.2. The summed E-state index contributed by atoms with van der Waals surface area (Å²) in [5.41, 5.74) is 3.84. The predicted molar refractivity (Wildman–Crippen MR) is 99.8 cm³/mol. The largest absolute Gasteiger partial charge is 0.350 e. The summed E-state index contributed by atoms with van der Waals surface area (Å²) < 4.78 is 3.97. The van der Waals surface area contributed by atoms with Gasteiger partial charge in [0.05, 0.1) is 6.33 Å². The maximum absolute atomic E-state index is 12.4. The van der Waals surface area contributed by atoms with Crippen molar-refractivity contribution in [1.82, 2.24) is 14.1 Å². The molecule has 4 nitrogen and oxygen atoms in total. The second-order valence-corrected chi connectivity index (χ2v) is 5.93. The molecule has 0 atom stereocenters. The van der Waals surface area contributed by atoms with E-state index in [-0.39, 0.29) is 5.78 Å². The third-order valence-electron chi connectivity index (χ3n) is 4.30. The summed E-state index contributed by atoms with van der Waals surface area (Å²) in [6.07, 6.45) is 10.9. The van der Waals surface area contributed by atoms with Gasteiger partial charge in [-0.2, -0.15) is 0 Å². The van der Waals surface area contributed by atoms with Crippen LogP contribution >= 0.6 is 0 Å². The summed E-state index contributed by atoms with van der Waals surface area (Å²) in [6.45, 7) is 0. The van der Waals surface area contributed by atoms with E-state index in [1.165, 1.54) is 0 Å². The zero-order valence-corrected chi connectivity index (χ0v) is 13.8. The van der Waals surface area contributed by atoms with E-state index in [0.29, 0.717) is 5.56 Å². The van der Waals surface area contributed by atoms with Gasteiger partial charge in [-0.25, -0.2) is 4.98 Å². The van der Waals surface area contributed by atoms with Crippen LogP contribution in [0.25, 0.3) is 22.7 Å². The second-order valence-electron chi connectivity index (χ2n) is 5.93. The third kappa shape index (κ3) is 2.90. The minimum atomic E-state index is -0.00915.